The molecule has 31 heavy (non-hydrogen) atoms. The van der Waals surface area contributed by atoms with Crippen molar-refractivity contribution in [2.45, 2.75) is 62.3 Å². The van der Waals surface area contributed by atoms with Gasteiger partial charge in [0.2, 0.25) is 0 Å². The maximum absolute atomic E-state index is 13.0. The average Bonchev–Trinajstić information content (AvgIpc) is 3.48. The highest BCUT2D eigenvalue weighted by molar-refractivity contribution is 7.91. The van der Waals surface area contributed by atoms with E-state index < -0.39 is 15.9 Å². The van der Waals surface area contributed by atoms with Crippen molar-refractivity contribution >= 4 is 21.6 Å². The van der Waals surface area contributed by atoms with Crippen LogP contribution >= 0.6 is 0 Å². The van der Waals surface area contributed by atoms with Crippen LogP contribution in [-0.4, -0.2) is 28.7 Å². The van der Waals surface area contributed by atoms with Crippen LogP contribution in [-0.2, 0) is 35.6 Å². The van der Waals surface area contributed by atoms with E-state index in [1.54, 1.807) is 12.1 Å². The van der Waals surface area contributed by atoms with Gasteiger partial charge >= 0.3 is 6.03 Å². The zero-order valence-corrected chi connectivity index (χ0v) is 18.8. The fraction of sp³-hybridized carbons (Fsp3) is 0.458. The smallest absolute Gasteiger partial charge is 0.307 e. The molecule has 2 aromatic rings. The first-order valence-corrected chi connectivity index (χ1v) is 12.8. The SMILES string of the molecule is CN1CCCC1c1ccc([S@](=N)(=O)NC(=O)Nc2c3c(cc4c2CCC4)CCC3)cc1. The van der Waals surface area contributed by atoms with E-state index in [2.05, 4.69) is 28.1 Å². The van der Waals surface area contributed by atoms with Gasteiger partial charge in [-0.3, -0.25) is 4.90 Å². The van der Waals surface area contributed by atoms with Crippen molar-refractivity contribution < 1.29 is 9.00 Å². The molecule has 3 N–H and O–H groups in total. The highest BCUT2D eigenvalue weighted by Crippen LogP contribution is 2.38. The number of urea groups is 1. The van der Waals surface area contributed by atoms with E-state index in [4.69, 9.17) is 4.78 Å². The summed E-state index contributed by atoms with van der Waals surface area (Å²) in [5, 5.41) is 2.97. The second kappa shape index (κ2) is 7.95. The summed E-state index contributed by atoms with van der Waals surface area (Å²) in [5.74, 6) is 0. The maximum Gasteiger partial charge on any atom is 0.331 e. The van der Waals surface area contributed by atoms with E-state index in [1.807, 2.05) is 12.1 Å². The third-order valence-corrected chi connectivity index (χ3v) is 8.47. The number of aryl methyl sites for hydroxylation is 2. The Morgan fingerprint density at radius 2 is 1.68 bits per heavy atom. The third kappa shape index (κ3) is 3.85. The Morgan fingerprint density at radius 3 is 2.26 bits per heavy atom. The van der Waals surface area contributed by atoms with Gasteiger partial charge in [-0.2, -0.15) is 0 Å². The van der Waals surface area contributed by atoms with Gasteiger partial charge in [0.05, 0.1) is 4.90 Å². The Hall–Kier alpha value is -2.38. The van der Waals surface area contributed by atoms with Crippen LogP contribution < -0.4 is 10.0 Å². The molecule has 2 aliphatic carbocycles. The van der Waals surface area contributed by atoms with Gasteiger partial charge in [0, 0.05) is 11.7 Å². The zero-order valence-electron chi connectivity index (χ0n) is 18.0. The lowest BCUT2D eigenvalue weighted by Crippen LogP contribution is -2.34. The lowest BCUT2D eigenvalue weighted by molar-refractivity contribution is 0.256. The number of carbonyl (C=O) groups is 1. The van der Waals surface area contributed by atoms with Gasteiger partial charge in [0.15, 0.2) is 9.92 Å². The number of hydrogen-bond acceptors (Lipinski definition) is 4. The molecule has 3 aliphatic rings. The van der Waals surface area contributed by atoms with Gasteiger partial charge in [0.1, 0.15) is 0 Å². The van der Waals surface area contributed by atoms with Crippen molar-refractivity contribution in [2.75, 3.05) is 18.9 Å². The fourth-order valence-corrected chi connectivity index (χ4v) is 6.46. The van der Waals surface area contributed by atoms with E-state index in [-0.39, 0.29) is 0 Å². The first-order valence-electron chi connectivity index (χ1n) is 11.3. The standard InChI is InChI=1S/C24H30N4O2S/c1-28-14-4-9-22(28)16-10-12-19(13-11-16)31(25,30)27-24(29)26-23-20-7-2-5-17(20)15-18-6-3-8-21(18)23/h10-13,15,22H,2-9,14H2,1H3,(H3,25,26,27,29,30)/t22?,31-/m1/s1. The summed E-state index contributed by atoms with van der Waals surface area (Å²) in [6, 6.07) is 9.43. The number of carbonyl (C=O) groups excluding carboxylic acids is 1. The summed E-state index contributed by atoms with van der Waals surface area (Å²) < 4.78 is 23.8. The molecular weight excluding hydrogens is 408 g/mol. The van der Waals surface area contributed by atoms with E-state index in [1.165, 1.54) is 34.2 Å². The molecule has 2 atom stereocenters. The lowest BCUT2D eigenvalue weighted by Gasteiger charge is -2.20. The molecule has 2 amide bonds. The van der Waals surface area contributed by atoms with Gasteiger partial charge in [0.25, 0.3) is 0 Å². The first kappa shape index (κ1) is 20.5. The van der Waals surface area contributed by atoms with Crippen LogP contribution in [0.4, 0.5) is 10.5 Å². The number of nitrogens with one attached hydrogen (secondary N) is 3. The predicted octanol–water partition coefficient (Wildman–Crippen LogP) is 4.57. The highest BCUT2D eigenvalue weighted by atomic mass is 32.2. The van der Waals surface area contributed by atoms with Crippen molar-refractivity contribution in [3.05, 3.63) is 58.1 Å². The third-order valence-electron chi connectivity index (χ3n) is 7.07. The van der Waals surface area contributed by atoms with E-state index in [0.717, 1.165) is 57.2 Å². The molecular formula is C24H30N4O2S. The Balaban J connectivity index is 1.33. The molecule has 0 aromatic heterocycles. The molecule has 6 nitrogen and oxygen atoms in total. The van der Waals surface area contributed by atoms with Crippen molar-refractivity contribution in [3.63, 3.8) is 0 Å². The first-order chi connectivity index (χ1) is 14.9. The fourth-order valence-electron chi connectivity index (χ4n) is 5.51. The quantitative estimate of drug-likeness (QED) is 0.653. The molecule has 0 radical (unpaired) electrons. The number of amides is 2. The number of rotatable bonds is 4. The van der Waals surface area contributed by atoms with E-state index in [9.17, 15) is 9.00 Å². The minimum absolute atomic E-state index is 0.329. The molecule has 1 aliphatic heterocycles. The number of benzene rings is 2. The van der Waals surface area contributed by atoms with Crippen LogP contribution in [0.3, 0.4) is 0 Å². The Kier molecular flexibility index (Phi) is 5.26. The van der Waals surface area contributed by atoms with Crippen molar-refractivity contribution in [2.24, 2.45) is 0 Å². The molecule has 1 saturated heterocycles. The average molecular weight is 439 g/mol. The number of hydrogen-bond donors (Lipinski definition) is 3. The second-order valence-electron chi connectivity index (χ2n) is 9.05. The summed E-state index contributed by atoms with van der Waals surface area (Å²) >= 11 is 0. The summed E-state index contributed by atoms with van der Waals surface area (Å²) in [7, 11) is -1.32. The van der Waals surface area contributed by atoms with Gasteiger partial charge in [-0.05, 0) is 105 Å². The molecule has 0 spiro atoms. The molecule has 1 unspecified atom stereocenters. The highest BCUT2D eigenvalue weighted by Gasteiger charge is 2.26. The number of likely N-dealkylation sites (tertiary alicyclic amines) is 1. The minimum atomic E-state index is -3.44. The van der Waals surface area contributed by atoms with Gasteiger partial charge in [-0.25, -0.2) is 18.5 Å². The van der Waals surface area contributed by atoms with Crippen LogP contribution in [0.5, 0.6) is 0 Å². The summed E-state index contributed by atoms with van der Waals surface area (Å²) in [6.07, 6.45) is 8.52. The molecule has 1 heterocycles. The molecule has 1 fully saturated rings. The molecule has 164 valence electrons. The van der Waals surface area contributed by atoms with Gasteiger partial charge in [-0.1, -0.05) is 18.2 Å². The molecule has 2 aromatic carbocycles. The molecule has 7 heteroatoms. The number of fused-ring (bicyclic) bond motifs is 2. The van der Waals surface area contributed by atoms with Crippen LogP contribution in [0, 0.1) is 4.78 Å². The molecule has 0 saturated carbocycles. The minimum Gasteiger partial charge on any atom is -0.307 e. The summed E-state index contributed by atoms with van der Waals surface area (Å²) in [4.78, 5) is 15.4. The number of nitrogens with zero attached hydrogens (tertiary/aromatic N) is 1. The van der Waals surface area contributed by atoms with Crippen molar-refractivity contribution in [1.29, 1.82) is 4.78 Å². The van der Waals surface area contributed by atoms with Gasteiger partial charge in [-0.15, -0.1) is 0 Å². The van der Waals surface area contributed by atoms with Crippen LogP contribution in [0.1, 0.15) is 59.5 Å². The lowest BCUT2D eigenvalue weighted by atomic mass is 9.99. The summed E-state index contributed by atoms with van der Waals surface area (Å²) in [5.41, 5.74) is 7.16. The number of anilines is 1. The normalized spacial score (nSPS) is 22.0. The van der Waals surface area contributed by atoms with Gasteiger partial charge < -0.3 is 5.32 Å². The van der Waals surface area contributed by atoms with Crippen molar-refractivity contribution in [3.8, 4) is 0 Å². The van der Waals surface area contributed by atoms with Crippen LogP contribution in [0.2, 0.25) is 0 Å². The topological polar surface area (TPSA) is 85.3 Å². The predicted molar refractivity (Wildman–Crippen MR) is 123 cm³/mol. The van der Waals surface area contributed by atoms with E-state index in [0.29, 0.717) is 10.9 Å². The largest absolute Gasteiger partial charge is 0.331 e. The Morgan fingerprint density at radius 1 is 1.03 bits per heavy atom. The molecule has 5 rings (SSSR count). The maximum atomic E-state index is 13.0. The second-order valence-corrected chi connectivity index (χ2v) is 10.8. The summed E-state index contributed by atoms with van der Waals surface area (Å²) in [6.45, 7) is 1.08. The monoisotopic (exact) mass is 438 g/mol. The Labute approximate surface area is 184 Å². The van der Waals surface area contributed by atoms with Crippen LogP contribution in [0.25, 0.3) is 0 Å². The van der Waals surface area contributed by atoms with Crippen LogP contribution in [0.15, 0.2) is 35.2 Å². The Bertz CT molecular complexity index is 1090. The zero-order chi connectivity index (χ0) is 21.6. The van der Waals surface area contributed by atoms with E-state index >= 15 is 0 Å². The molecule has 0 bridgehead atoms. The van der Waals surface area contributed by atoms with Crippen molar-refractivity contribution in [1.82, 2.24) is 9.62 Å².